The molecule has 4 rings (SSSR count). The standard InChI is InChI=1S/C19H23N7O2S/c1-3-6-26-17(14-4-5-14)22-23-19(26)29-12-16(27)24-7-9-25(10-8-24)18-15(11-20)21-13(2)28-18/h3,14H,1,4-10,12H2,2H3. The normalized spacial score (nSPS) is 16.7. The van der Waals surface area contributed by atoms with Gasteiger partial charge < -0.3 is 18.8 Å². The molecule has 0 atom stereocenters. The Labute approximate surface area is 173 Å². The Bertz CT molecular complexity index is 948. The lowest BCUT2D eigenvalue weighted by Gasteiger charge is -2.34. The first-order valence-corrected chi connectivity index (χ1v) is 10.7. The third kappa shape index (κ3) is 4.15. The maximum absolute atomic E-state index is 12.7. The van der Waals surface area contributed by atoms with Crippen LogP contribution in [0, 0.1) is 18.3 Å². The van der Waals surface area contributed by atoms with Crippen molar-refractivity contribution in [3.8, 4) is 6.07 Å². The topological polar surface area (TPSA) is 104 Å². The number of allylic oxidation sites excluding steroid dienone is 1. The Hall–Kier alpha value is -2.80. The zero-order valence-corrected chi connectivity index (χ0v) is 17.2. The minimum absolute atomic E-state index is 0.0741. The highest BCUT2D eigenvalue weighted by Gasteiger charge is 2.31. The number of carbonyl (C=O) groups excluding carboxylic acids is 1. The summed E-state index contributed by atoms with van der Waals surface area (Å²) in [5.74, 6) is 2.87. The van der Waals surface area contributed by atoms with Gasteiger partial charge in [-0.3, -0.25) is 4.79 Å². The van der Waals surface area contributed by atoms with Gasteiger partial charge in [-0.1, -0.05) is 17.8 Å². The van der Waals surface area contributed by atoms with Gasteiger partial charge in [-0.15, -0.1) is 16.8 Å². The van der Waals surface area contributed by atoms with Gasteiger partial charge in [0.1, 0.15) is 11.9 Å². The number of oxazole rings is 1. The zero-order chi connectivity index (χ0) is 20.4. The lowest BCUT2D eigenvalue weighted by molar-refractivity contribution is -0.128. The first kappa shape index (κ1) is 19.5. The van der Waals surface area contributed by atoms with Crippen LogP contribution in [0.3, 0.4) is 0 Å². The molecule has 152 valence electrons. The predicted octanol–water partition coefficient (Wildman–Crippen LogP) is 1.95. The summed E-state index contributed by atoms with van der Waals surface area (Å²) in [4.78, 5) is 20.6. The summed E-state index contributed by atoms with van der Waals surface area (Å²) in [6, 6.07) is 2.06. The van der Waals surface area contributed by atoms with E-state index in [0.717, 1.165) is 23.8 Å². The number of rotatable bonds is 7. The van der Waals surface area contributed by atoms with Gasteiger partial charge >= 0.3 is 0 Å². The van der Waals surface area contributed by atoms with E-state index < -0.39 is 0 Å². The molecule has 0 aromatic carbocycles. The van der Waals surface area contributed by atoms with E-state index >= 15 is 0 Å². The van der Waals surface area contributed by atoms with Crippen LogP contribution >= 0.6 is 11.8 Å². The largest absolute Gasteiger partial charge is 0.424 e. The number of hydrogen-bond acceptors (Lipinski definition) is 8. The molecular formula is C19H23N7O2S. The molecule has 2 aromatic heterocycles. The molecule has 1 saturated carbocycles. The van der Waals surface area contributed by atoms with E-state index in [1.165, 1.54) is 11.8 Å². The zero-order valence-electron chi connectivity index (χ0n) is 16.4. The lowest BCUT2D eigenvalue weighted by Crippen LogP contribution is -2.49. The van der Waals surface area contributed by atoms with E-state index in [2.05, 4.69) is 32.4 Å². The number of carbonyl (C=O) groups is 1. The fraction of sp³-hybridized carbons (Fsp3) is 0.526. The molecule has 0 bridgehead atoms. The Balaban J connectivity index is 1.33. The molecule has 29 heavy (non-hydrogen) atoms. The second-order valence-electron chi connectivity index (χ2n) is 7.17. The maximum Gasteiger partial charge on any atom is 0.234 e. The molecule has 0 spiro atoms. The van der Waals surface area contributed by atoms with Crippen LogP contribution in [-0.2, 0) is 11.3 Å². The molecule has 1 aliphatic heterocycles. The van der Waals surface area contributed by atoms with Crippen LogP contribution in [-0.4, -0.2) is 62.5 Å². The Morgan fingerprint density at radius 2 is 2.10 bits per heavy atom. The molecule has 9 nitrogen and oxygen atoms in total. The predicted molar refractivity (Wildman–Crippen MR) is 108 cm³/mol. The molecule has 1 saturated heterocycles. The molecule has 10 heteroatoms. The van der Waals surface area contributed by atoms with Crippen LogP contribution in [0.15, 0.2) is 22.2 Å². The molecule has 1 aliphatic carbocycles. The van der Waals surface area contributed by atoms with Crippen molar-refractivity contribution < 1.29 is 9.21 Å². The minimum Gasteiger partial charge on any atom is -0.424 e. The maximum atomic E-state index is 12.7. The van der Waals surface area contributed by atoms with Crippen molar-refractivity contribution >= 4 is 23.6 Å². The van der Waals surface area contributed by atoms with Gasteiger partial charge in [0, 0.05) is 45.6 Å². The molecule has 2 aliphatic rings. The second-order valence-corrected chi connectivity index (χ2v) is 8.11. The average molecular weight is 414 g/mol. The Morgan fingerprint density at radius 1 is 1.34 bits per heavy atom. The van der Waals surface area contributed by atoms with Gasteiger partial charge in [-0.2, -0.15) is 5.26 Å². The number of hydrogen-bond donors (Lipinski definition) is 0. The fourth-order valence-corrected chi connectivity index (χ4v) is 4.29. The fourth-order valence-electron chi connectivity index (χ4n) is 3.43. The molecule has 2 aromatic rings. The van der Waals surface area contributed by atoms with Gasteiger partial charge in [-0.25, -0.2) is 4.98 Å². The number of piperazine rings is 1. The number of aromatic nitrogens is 4. The van der Waals surface area contributed by atoms with Crippen molar-refractivity contribution in [2.45, 2.75) is 37.4 Å². The van der Waals surface area contributed by atoms with Crippen LogP contribution in [0.5, 0.6) is 0 Å². The average Bonchev–Trinajstić information content (AvgIpc) is 3.39. The molecule has 3 heterocycles. The quantitative estimate of drug-likeness (QED) is 0.501. The number of aryl methyl sites for hydroxylation is 1. The van der Waals surface area contributed by atoms with E-state index in [1.807, 2.05) is 15.9 Å². The lowest BCUT2D eigenvalue weighted by atomic mass is 10.3. The summed E-state index contributed by atoms with van der Waals surface area (Å²) in [6.45, 7) is 8.57. The number of anilines is 1. The summed E-state index contributed by atoms with van der Waals surface area (Å²) in [6.07, 6.45) is 4.14. The summed E-state index contributed by atoms with van der Waals surface area (Å²) in [5.41, 5.74) is 0.297. The van der Waals surface area contributed by atoms with Gasteiger partial charge in [0.05, 0.1) is 5.75 Å². The van der Waals surface area contributed by atoms with Gasteiger partial charge in [-0.05, 0) is 12.8 Å². The monoisotopic (exact) mass is 413 g/mol. The summed E-state index contributed by atoms with van der Waals surface area (Å²) in [5, 5.41) is 18.6. The van der Waals surface area contributed by atoms with E-state index in [1.54, 1.807) is 6.92 Å². The molecule has 2 fully saturated rings. The summed E-state index contributed by atoms with van der Waals surface area (Å²) < 4.78 is 7.63. The summed E-state index contributed by atoms with van der Waals surface area (Å²) >= 11 is 1.43. The Morgan fingerprint density at radius 3 is 2.76 bits per heavy atom. The highest BCUT2D eigenvalue weighted by molar-refractivity contribution is 7.99. The SMILES string of the molecule is C=CCn1c(SCC(=O)N2CCN(c3oc(C)nc3C#N)CC2)nnc1C1CC1. The minimum atomic E-state index is 0.0741. The van der Waals surface area contributed by atoms with E-state index in [0.29, 0.717) is 61.9 Å². The third-order valence-corrected chi connectivity index (χ3v) is 6.02. The van der Waals surface area contributed by atoms with Crippen molar-refractivity contribution in [2.24, 2.45) is 0 Å². The number of nitrogens with zero attached hydrogens (tertiary/aromatic N) is 7. The van der Waals surface area contributed by atoms with Crippen molar-refractivity contribution in [1.29, 1.82) is 5.26 Å². The van der Waals surface area contributed by atoms with Crippen molar-refractivity contribution in [3.05, 3.63) is 30.1 Å². The molecule has 0 unspecified atom stereocenters. The highest BCUT2D eigenvalue weighted by Crippen LogP contribution is 2.40. The molecule has 1 amide bonds. The number of amides is 1. The first-order chi connectivity index (χ1) is 14.1. The van der Waals surface area contributed by atoms with Crippen molar-refractivity contribution in [3.63, 3.8) is 0 Å². The smallest absolute Gasteiger partial charge is 0.234 e. The Kier molecular flexibility index (Phi) is 5.58. The second kappa shape index (κ2) is 8.29. The third-order valence-electron chi connectivity index (χ3n) is 5.07. The van der Waals surface area contributed by atoms with Gasteiger partial charge in [0.2, 0.25) is 17.5 Å². The molecular weight excluding hydrogens is 390 g/mol. The van der Waals surface area contributed by atoms with Gasteiger partial charge in [0.15, 0.2) is 11.0 Å². The van der Waals surface area contributed by atoms with Crippen LogP contribution < -0.4 is 4.90 Å². The van der Waals surface area contributed by atoms with Crippen LogP contribution in [0.1, 0.15) is 36.2 Å². The van der Waals surface area contributed by atoms with E-state index in [4.69, 9.17) is 4.42 Å². The van der Waals surface area contributed by atoms with Crippen molar-refractivity contribution in [1.82, 2.24) is 24.6 Å². The molecule has 0 N–H and O–H groups in total. The van der Waals surface area contributed by atoms with Crippen LogP contribution in [0.25, 0.3) is 0 Å². The van der Waals surface area contributed by atoms with Gasteiger partial charge in [0.25, 0.3) is 0 Å². The number of nitriles is 1. The molecule has 0 radical (unpaired) electrons. The summed E-state index contributed by atoms with van der Waals surface area (Å²) in [7, 11) is 0. The number of thioether (sulfide) groups is 1. The van der Waals surface area contributed by atoms with E-state index in [-0.39, 0.29) is 5.91 Å². The highest BCUT2D eigenvalue weighted by atomic mass is 32.2. The first-order valence-electron chi connectivity index (χ1n) is 9.67. The van der Waals surface area contributed by atoms with Crippen molar-refractivity contribution in [2.75, 3.05) is 36.8 Å². The van der Waals surface area contributed by atoms with Crippen LogP contribution in [0.4, 0.5) is 5.88 Å². The van der Waals surface area contributed by atoms with Crippen LogP contribution in [0.2, 0.25) is 0 Å². The van der Waals surface area contributed by atoms with E-state index in [9.17, 15) is 10.1 Å².